The molecule has 3 rings (SSSR count). The Bertz CT molecular complexity index is 621. The fraction of sp³-hybridized carbons (Fsp3) is 0.556. The van der Waals surface area contributed by atoms with Crippen molar-refractivity contribution in [3.63, 3.8) is 0 Å². The zero-order valence-electron chi connectivity index (χ0n) is 14.2. The van der Waals surface area contributed by atoms with Gasteiger partial charge < -0.3 is 15.4 Å². The SMILES string of the molecule is NC(=O)CN1CCN(C(=O)C2(c3ccc(Br)cc3)CCOCC2)CC1. The van der Waals surface area contributed by atoms with Crippen LogP contribution in [0.3, 0.4) is 0 Å². The Kier molecular flexibility index (Phi) is 5.76. The Labute approximate surface area is 156 Å². The number of hydrogen-bond acceptors (Lipinski definition) is 4. The van der Waals surface area contributed by atoms with Crippen LogP contribution in [0.25, 0.3) is 0 Å². The van der Waals surface area contributed by atoms with Crippen molar-refractivity contribution >= 4 is 27.7 Å². The summed E-state index contributed by atoms with van der Waals surface area (Å²) in [4.78, 5) is 28.5. The molecule has 1 aromatic rings. The molecular weight excluding hydrogens is 386 g/mol. The van der Waals surface area contributed by atoms with E-state index in [1.807, 2.05) is 34.1 Å². The van der Waals surface area contributed by atoms with Gasteiger partial charge in [0.25, 0.3) is 0 Å². The van der Waals surface area contributed by atoms with Crippen LogP contribution in [0.4, 0.5) is 0 Å². The number of benzene rings is 1. The Balaban J connectivity index is 1.77. The molecule has 0 atom stereocenters. The van der Waals surface area contributed by atoms with Gasteiger partial charge in [0, 0.05) is 43.9 Å². The predicted molar refractivity (Wildman–Crippen MR) is 98.1 cm³/mol. The number of amides is 2. The Hall–Kier alpha value is -1.44. The number of piperazine rings is 1. The van der Waals surface area contributed by atoms with Gasteiger partial charge in [0.1, 0.15) is 0 Å². The number of nitrogens with zero attached hydrogens (tertiary/aromatic N) is 2. The molecule has 2 heterocycles. The summed E-state index contributed by atoms with van der Waals surface area (Å²) < 4.78 is 6.53. The van der Waals surface area contributed by atoms with Crippen LogP contribution in [-0.4, -0.2) is 67.6 Å². The maximum atomic E-state index is 13.4. The van der Waals surface area contributed by atoms with Gasteiger partial charge in [-0.15, -0.1) is 0 Å². The van der Waals surface area contributed by atoms with Crippen LogP contribution in [0.2, 0.25) is 0 Å². The summed E-state index contributed by atoms with van der Waals surface area (Å²) in [6, 6.07) is 8.06. The molecule has 7 heteroatoms. The van der Waals surface area contributed by atoms with Crippen LogP contribution in [0.15, 0.2) is 28.7 Å². The van der Waals surface area contributed by atoms with Gasteiger partial charge in [0.2, 0.25) is 11.8 Å². The van der Waals surface area contributed by atoms with E-state index in [-0.39, 0.29) is 18.4 Å². The van der Waals surface area contributed by atoms with Crippen molar-refractivity contribution in [2.75, 3.05) is 45.9 Å². The highest BCUT2D eigenvalue weighted by Crippen LogP contribution is 2.37. The highest BCUT2D eigenvalue weighted by Gasteiger charge is 2.44. The van der Waals surface area contributed by atoms with Crippen LogP contribution in [0, 0.1) is 0 Å². The third kappa shape index (κ3) is 4.04. The predicted octanol–water partition coefficient (Wildman–Crippen LogP) is 1.13. The molecule has 136 valence electrons. The van der Waals surface area contributed by atoms with E-state index >= 15 is 0 Å². The molecule has 1 aromatic carbocycles. The van der Waals surface area contributed by atoms with Gasteiger partial charge >= 0.3 is 0 Å². The molecule has 25 heavy (non-hydrogen) atoms. The molecule has 2 fully saturated rings. The van der Waals surface area contributed by atoms with Gasteiger partial charge in [0.05, 0.1) is 12.0 Å². The molecule has 0 unspecified atom stereocenters. The van der Waals surface area contributed by atoms with E-state index < -0.39 is 5.41 Å². The molecule has 2 amide bonds. The van der Waals surface area contributed by atoms with Gasteiger partial charge in [-0.1, -0.05) is 28.1 Å². The summed E-state index contributed by atoms with van der Waals surface area (Å²) in [5.74, 6) is -0.146. The van der Waals surface area contributed by atoms with Crippen LogP contribution in [0.1, 0.15) is 18.4 Å². The monoisotopic (exact) mass is 409 g/mol. The van der Waals surface area contributed by atoms with E-state index in [2.05, 4.69) is 15.9 Å². The van der Waals surface area contributed by atoms with Crippen molar-refractivity contribution in [1.82, 2.24) is 9.80 Å². The number of ether oxygens (including phenoxy) is 1. The van der Waals surface area contributed by atoms with Gasteiger partial charge in [-0.2, -0.15) is 0 Å². The minimum Gasteiger partial charge on any atom is -0.381 e. The van der Waals surface area contributed by atoms with Gasteiger partial charge in [-0.3, -0.25) is 14.5 Å². The number of primary amides is 1. The Morgan fingerprint density at radius 1 is 1.08 bits per heavy atom. The molecule has 0 saturated carbocycles. The number of carbonyl (C=O) groups excluding carboxylic acids is 2. The lowest BCUT2D eigenvalue weighted by Crippen LogP contribution is -2.56. The average Bonchev–Trinajstić information content (AvgIpc) is 2.62. The van der Waals surface area contributed by atoms with Crippen molar-refractivity contribution < 1.29 is 14.3 Å². The lowest BCUT2D eigenvalue weighted by atomic mass is 9.73. The largest absolute Gasteiger partial charge is 0.381 e. The van der Waals surface area contributed by atoms with Crippen LogP contribution >= 0.6 is 15.9 Å². The average molecular weight is 410 g/mol. The summed E-state index contributed by atoms with van der Waals surface area (Å²) in [6.07, 6.45) is 1.41. The van der Waals surface area contributed by atoms with E-state index in [9.17, 15) is 9.59 Å². The van der Waals surface area contributed by atoms with Crippen molar-refractivity contribution in [3.8, 4) is 0 Å². The summed E-state index contributed by atoms with van der Waals surface area (Å²) in [5.41, 5.74) is 5.81. The van der Waals surface area contributed by atoms with Crippen molar-refractivity contribution in [2.45, 2.75) is 18.3 Å². The molecule has 2 aliphatic heterocycles. The van der Waals surface area contributed by atoms with E-state index in [0.717, 1.165) is 10.0 Å². The fourth-order valence-electron chi connectivity index (χ4n) is 3.75. The van der Waals surface area contributed by atoms with E-state index in [4.69, 9.17) is 10.5 Å². The highest BCUT2D eigenvalue weighted by atomic mass is 79.9. The molecule has 0 aromatic heterocycles. The second-order valence-electron chi connectivity index (χ2n) is 6.74. The maximum Gasteiger partial charge on any atom is 0.233 e. The van der Waals surface area contributed by atoms with Crippen molar-refractivity contribution in [3.05, 3.63) is 34.3 Å². The zero-order valence-corrected chi connectivity index (χ0v) is 15.8. The molecule has 0 spiro atoms. The summed E-state index contributed by atoms with van der Waals surface area (Å²) >= 11 is 3.46. The Morgan fingerprint density at radius 2 is 1.68 bits per heavy atom. The second-order valence-corrected chi connectivity index (χ2v) is 7.65. The summed E-state index contributed by atoms with van der Waals surface area (Å²) in [5, 5.41) is 0. The first-order chi connectivity index (χ1) is 12.0. The minimum atomic E-state index is -0.509. The number of hydrogen-bond donors (Lipinski definition) is 1. The lowest BCUT2D eigenvalue weighted by molar-refractivity contribution is -0.143. The first-order valence-corrected chi connectivity index (χ1v) is 9.44. The quantitative estimate of drug-likeness (QED) is 0.808. The van der Waals surface area contributed by atoms with Crippen LogP contribution in [-0.2, 0) is 19.7 Å². The Morgan fingerprint density at radius 3 is 2.24 bits per heavy atom. The highest BCUT2D eigenvalue weighted by molar-refractivity contribution is 9.10. The molecule has 0 radical (unpaired) electrons. The topological polar surface area (TPSA) is 75.9 Å². The first kappa shape index (κ1) is 18.4. The van der Waals surface area contributed by atoms with E-state index in [1.165, 1.54) is 0 Å². The van der Waals surface area contributed by atoms with E-state index in [0.29, 0.717) is 52.2 Å². The normalized spacial score (nSPS) is 21.1. The van der Waals surface area contributed by atoms with Crippen molar-refractivity contribution in [1.29, 1.82) is 0 Å². The van der Waals surface area contributed by atoms with Crippen LogP contribution < -0.4 is 5.73 Å². The third-order valence-electron chi connectivity index (χ3n) is 5.19. The molecule has 2 N–H and O–H groups in total. The smallest absolute Gasteiger partial charge is 0.233 e. The van der Waals surface area contributed by atoms with Gasteiger partial charge in [-0.05, 0) is 30.5 Å². The van der Waals surface area contributed by atoms with Crippen LogP contribution in [0.5, 0.6) is 0 Å². The molecule has 2 aliphatic rings. The lowest BCUT2D eigenvalue weighted by Gasteiger charge is -2.43. The van der Waals surface area contributed by atoms with Crippen molar-refractivity contribution in [2.24, 2.45) is 5.73 Å². The summed E-state index contributed by atoms with van der Waals surface area (Å²) in [6.45, 7) is 4.08. The standard InChI is InChI=1S/C18H24BrN3O3/c19-15-3-1-14(2-4-15)18(5-11-25-12-6-18)17(24)22-9-7-21(8-10-22)13-16(20)23/h1-4H,5-13H2,(H2,20,23). The third-order valence-corrected chi connectivity index (χ3v) is 5.72. The maximum absolute atomic E-state index is 13.4. The zero-order chi connectivity index (χ0) is 17.9. The molecular formula is C18H24BrN3O3. The number of rotatable bonds is 4. The van der Waals surface area contributed by atoms with Gasteiger partial charge in [-0.25, -0.2) is 0 Å². The summed E-state index contributed by atoms with van der Waals surface area (Å²) in [7, 11) is 0. The molecule has 0 aliphatic carbocycles. The fourth-order valence-corrected chi connectivity index (χ4v) is 4.01. The number of halogens is 1. The minimum absolute atomic E-state index is 0.178. The molecule has 2 saturated heterocycles. The van der Waals surface area contributed by atoms with E-state index in [1.54, 1.807) is 0 Å². The molecule has 0 bridgehead atoms. The molecule has 6 nitrogen and oxygen atoms in total. The second kappa shape index (κ2) is 7.85. The number of nitrogens with two attached hydrogens (primary N) is 1. The number of carbonyl (C=O) groups is 2. The first-order valence-electron chi connectivity index (χ1n) is 8.65. The van der Waals surface area contributed by atoms with Gasteiger partial charge in [0.15, 0.2) is 0 Å².